The molecule has 0 spiro atoms. The number of halogens is 3. The van der Waals surface area contributed by atoms with Crippen molar-refractivity contribution in [3.05, 3.63) is 59.2 Å². The first-order valence-electron chi connectivity index (χ1n) is 12.7. The summed E-state index contributed by atoms with van der Waals surface area (Å²) in [6.45, 7) is 4.01. The number of furan rings is 1. The van der Waals surface area contributed by atoms with Gasteiger partial charge in [0.2, 0.25) is 5.82 Å². The number of hydrogen-bond donors (Lipinski definition) is 2. The molecule has 1 aliphatic heterocycles. The van der Waals surface area contributed by atoms with Crippen molar-refractivity contribution in [2.24, 2.45) is 0 Å². The molecular formula is C26H26F3N7O4. The third kappa shape index (κ3) is 5.91. The number of aryl methyl sites for hydroxylation is 1. The fourth-order valence-electron chi connectivity index (χ4n) is 4.41. The first kappa shape index (κ1) is 27.1. The van der Waals surface area contributed by atoms with Crippen molar-refractivity contribution in [2.45, 2.75) is 32.7 Å². The Kier molecular flexibility index (Phi) is 7.69. The Morgan fingerprint density at radius 2 is 1.93 bits per heavy atom. The Hall–Kier alpha value is -4.46. The molecule has 40 heavy (non-hydrogen) atoms. The summed E-state index contributed by atoms with van der Waals surface area (Å²) in [6.07, 6.45) is -4.17. The van der Waals surface area contributed by atoms with E-state index in [-0.39, 0.29) is 41.6 Å². The molecule has 11 nitrogen and oxygen atoms in total. The standard InChI is InChI=1S/C26H26F3N7O4/c1-2-3-16-6-7-19(14-20(16)26(27,28)29)31-24(37)18-5-4-17-12-22(40-21(17)13-18)23-32-33-34-36(23)15-39-25(38)35-10-8-30-9-11-35/h4-7,12-14,30H,2-3,8-11,15H2,1H3,(H,31,37). The monoisotopic (exact) mass is 557 g/mol. The summed E-state index contributed by atoms with van der Waals surface area (Å²) in [5, 5.41) is 17.8. The van der Waals surface area contributed by atoms with Crippen LogP contribution in [0.3, 0.4) is 0 Å². The molecule has 5 rings (SSSR count). The van der Waals surface area contributed by atoms with Crippen LogP contribution in [0.5, 0.6) is 0 Å². The van der Waals surface area contributed by atoms with E-state index in [1.807, 2.05) is 0 Å². The number of hydrogen-bond acceptors (Lipinski definition) is 8. The smallest absolute Gasteiger partial charge is 0.416 e. The molecule has 14 heteroatoms. The predicted molar refractivity (Wildman–Crippen MR) is 137 cm³/mol. The highest BCUT2D eigenvalue weighted by molar-refractivity contribution is 6.06. The molecule has 0 saturated carbocycles. The first-order valence-corrected chi connectivity index (χ1v) is 12.7. The molecular weight excluding hydrogens is 531 g/mol. The van der Waals surface area contributed by atoms with Crippen molar-refractivity contribution >= 4 is 28.7 Å². The number of nitrogens with zero attached hydrogens (tertiary/aromatic N) is 5. The summed E-state index contributed by atoms with van der Waals surface area (Å²) >= 11 is 0. The quantitative estimate of drug-likeness (QED) is 0.344. The Labute approximate surface area is 226 Å². The first-order chi connectivity index (χ1) is 19.2. The normalized spacial score (nSPS) is 13.9. The second kappa shape index (κ2) is 11.3. The van der Waals surface area contributed by atoms with Crippen LogP contribution >= 0.6 is 0 Å². The van der Waals surface area contributed by atoms with Crippen LogP contribution in [0.2, 0.25) is 0 Å². The van der Waals surface area contributed by atoms with Crippen LogP contribution in [-0.4, -0.2) is 63.3 Å². The number of alkyl halides is 3. The highest BCUT2D eigenvalue weighted by Crippen LogP contribution is 2.35. The summed E-state index contributed by atoms with van der Waals surface area (Å²) in [7, 11) is 0. The number of anilines is 1. The molecule has 2 aromatic heterocycles. The van der Waals surface area contributed by atoms with Crippen LogP contribution in [0.4, 0.5) is 23.7 Å². The van der Waals surface area contributed by atoms with Crippen molar-refractivity contribution in [1.29, 1.82) is 0 Å². The SMILES string of the molecule is CCCc1ccc(NC(=O)c2ccc3cc(-c4nnnn4COC(=O)N4CCNCC4)oc3c2)cc1C(F)(F)F. The summed E-state index contributed by atoms with van der Waals surface area (Å²) < 4.78 is 53.1. The van der Waals surface area contributed by atoms with Gasteiger partial charge >= 0.3 is 12.3 Å². The maximum absolute atomic E-state index is 13.5. The molecule has 0 aliphatic carbocycles. The van der Waals surface area contributed by atoms with Crippen molar-refractivity contribution < 1.29 is 31.9 Å². The van der Waals surface area contributed by atoms with Crippen LogP contribution in [0.15, 0.2) is 46.9 Å². The molecule has 1 aliphatic rings. The van der Waals surface area contributed by atoms with Crippen LogP contribution in [0.25, 0.3) is 22.6 Å². The van der Waals surface area contributed by atoms with E-state index < -0.39 is 23.7 Å². The Bertz CT molecular complexity index is 1530. The predicted octanol–water partition coefficient (Wildman–Crippen LogP) is 4.31. The van der Waals surface area contributed by atoms with E-state index in [9.17, 15) is 22.8 Å². The number of nitrogens with one attached hydrogen (secondary N) is 2. The molecule has 2 amide bonds. The van der Waals surface area contributed by atoms with Gasteiger partial charge in [-0.2, -0.15) is 17.9 Å². The van der Waals surface area contributed by atoms with Gasteiger partial charge in [0, 0.05) is 42.8 Å². The minimum Gasteiger partial charge on any atom is -0.453 e. The lowest BCUT2D eigenvalue weighted by Gasteiger charge is -2.26. The molecule has 0 unspecified atom stereocenters. The molecule has 1 fully saturated rings. The second-order valence-electron chi connectivity index (χ2n) is 9.22. The van der Waals surface area contributed by atoms with Gasteiger partial charge in [-0.1, -0.05) is 25.5 Å². The fraction of sp³-hybridized carbons (Fsp3) is 0.346. The Balaban J connectivity index is 1.31. The van der Waals surface area contributed by atoms with Crippen molar-refractivity contribution in [2.75, 3.05) is 31.5 Å². The van der Waals surface area contributed by atoms with E-state index in [1.54, 1.807) is 24.0 Å². The number of fused-ring (bicyclic) bond motifs is 1. The fourth-order valence-corrected chi connectivity index (χ4v) is 4.41. The van der Waals surface area contributed by atoms with Gasteiger partial charge in [-0.3, -0.25) is 4.79 Å². The molecule has 2 N–H and O–H groups in total. The molecule has 0 bridgehead atoms. The van der Waals surface area contributed by atoms with Crippen molar-refractivity contribution in [3.8, 4) is 11.6 Å². The van der Waals surface area contributed by atoms with Crippen LogP contribution in [0.1, 0.15) is 34.8 Å². The summed E-state index contributed by atoms with van der Waals surface area (Å²) in [5.74, 6) is -0.111. The lowest BCUT2D eigenvalue weighted by atomic mass is 10.0. The van der Waals surface area contributed by atoms with E-state index in [1.165, 1.54) is 28.9 Å². The topological polar surface area (TPSA) is 127 Å². The second-order valence-corrected chi connectivity index (χ2v) is 9.22. The van der Waals surface area contributed by atoms with Crippen molar-refractivity contribution in [1.82, 2.24) is 30.4 Å². The number of piperazine rings is 1. The zero-order chi connectivity index (χ0) is 28.3. The average Bonchev–Trinajstić information content (AvgIpc) is 3.59. The van der Waals surface area contributed by atoms with Crippen LogP contribution in [-0.2, 0) is 24.1 Å². The average molecular weight is 558 g/mol. The van der Waals surface area contributed by atoms with Crippen molar-refractivity contribution in [3.63, 3.8) is 0 Å². The van der Waals surface area contributed by atoms with Gasteiger partial charge in [0.05, 0.1) is 5.56 Å². The van der Waals surface area contributed by atoms with Gasteiger partial charge in [0.25, 0.3) is 5.91 Å². The summed E-state index contributed by atoms with van der Waals surface area (Å²) in [5.41, 5.74) is -0.0339. The number of carbonyl (C=O) groups is 2. The molecule has 1 saturated heterocycles. The maximum Gasteiger partial charge on any atom is 0.416 e. The van der Waals surface area contributed by atoms with E-state index in [0.717, 1.165) is 6.07 Å². The number of benzene rings is 2. The minimum absolute atomic E-state index is 0.0342. The third-order valence-electron chi connectivity index (χ3n) is 6.41. The van der Waals surface area contributed by atoms with Gasteiger partial charge in [-0.05, 0) is 52.7 Å². The minimum atomic E-state index is -4.53. The number of aromatic nitrogens is 4. The molecule has 2 aromatic carbocycles. The number of rotatable bonds is 7. The highest BCUT2D eigenvalue weighted by atomic mass is 19.4. The van der Waals surface area contributed by atoms with Gasteiger partial charge in [0.1, 0.15) is 5.58 Å². The molecule has 0 atom stereocenters. The summed E-state index contributed by atoms with van der Waals surface area (Å²) in [4.78, 5) is 26.8. The molecule has 3 heterocycles. The van der Waals surface area contributed by atoms with Crippen LogP contribution < -0.4 is 10.6 Å². The molecule has 210 valence electrons. The Morgan fingerprint density at radius 1 is 1.12 bits per heavy atom. The van der Waals surface area contributed by atoms with Gasteiger partial charge in [0.15, 0.2) is 12.5 Å². The number of carbonyl (C=O) groups excluding carboxylic acids is 2. The number of tetrazole rings is 1. The largest absolute Gasteiger partial charge is 0.453 e. The van der Waals surface area contributed by atoms with Gasteiger partial charge in [-0.15, -0.1) is 5.10 Å². The zero-order valence-corrected chi connectivity index (χ0v) is 21.5. The van der Waals surface area contributed by atoms with E-state index in [4.69, 9.17) is 9.15 Å². The lowest BCUT2D eigenvalue weighted by molar-refractivity contribution is -0.138. The lowest BCUT2D eigenvalue weighted by Crippen LogP contribution is -2.46. The highest BCUT2D eigenvalue weighted by Gasteiger charge is 2.33. The molecule has 4 aromatic rings. The van der Waals surface area contributed by atoms with E-state index in [2.05, 4.69) is 26.2 Å². The number of ether oxygens (including phenoxy) is 1. The van der Waals surface area contributed by atoms with Crippen LogP contribution in [0, 0.1) is 0 Å². The Morgan fingerprint density at radius 3 is 2.67 bits per heavy atom. The zero-order valence-electron chi connectivity index (χ0n) is 21.5. The van der Waals surface area contributed by atoms with Gasteiger partial charge in [-0.25, -0.2) is 4.79 Å². The molecule has 0 radical (unpaired) electrons. The third-order valence-corrected chi connectivity index (χ3v) is 6.41. The summed E-state index contributed by atoms with van der Waals surface area (Å²) in [6, 6.07) is 10.1. The number of amides is 2. The van der Waals surface area contributed by atoms with E-state index in [0.29, 0.717) is 43.6 Å². The van der Waals surface area contributed by atoms with E-state index >= 15 is 0 Å². The maximum atomic E-state index is 13.5. The van der Waals surface area contributed by atoms with Gasteiger partial charge < -0.3 is 24.7 Å².